The summed E-state index contributed by atoms with van der Waals surface area (Å²) in [4.78, 5) is 53.8. The quantitative estimate of drug-likeness (QED) is 0.421. The van der Waals surface area contributed by atoms with Crippen LogP contribution in [0.15, 0.2) is 48.5 Å². The highest BCUT2D eigenvalue weighted by Gasteiger charge is 2.25. The van der Waals surface area contributed by atoms with Crippen molar-refractivity contribution in [3.05, 3.63) is 68.8 Å². The molecule has 12 heteroatoms. The normalized spacial score (nSPS) is 16.1. The van der Waals surface area contributed by atoms with Crippen LogP contribution >= 0.6 is 0 Å². The summed E-state index contributed by atoms with van der Waals surface area (Å²) < 4.78 is 0. The van der Waals surface area contributed by atoms with Gasteiger partial charge in [-0.1, -0.05) is 0 Å². The van der Waals surface area contributed by atoms with Gasteiger partial charge in [0.05, 0.1) is 9.85 Å². The van der Waals surface area contributed by atoms with Gasteiger partial charge in [-0.25, -0.2) is 0 Å². The van der Waals surface area contributed by atoms with E-state index in [0.717, 1.165) is 11.4 Å². The molecule has 190 valence electrons. The first kappa shape index (κ1) is 24.9. The fourth-order valence-electron chi connectivity index (χ4n) is 4.53. The van der Waals surface area contributed by atoms with E-state index >= 15 is 0 Å². The lowest BCUT2D eigenvalue weighted by Crippen LogP contribution is -2.50. The summed E-state index contributed by atoms with van der Waals surface area (Å²) in [6.07, 6.45) is 0.331. The Hall–Kier alpha value is -4.22. The third kappa shape index (κ3) is 5.88. The van der Waals surface area contributed by atoms with E-state index in [1.165, 1.54) is 24.3 Å². The Bertz CT molecular complexity index is 1020. The first-order chi connectivity index (χ1) is 17.3. The molecular weight excluding hydrogens is 468 g/mol. The summed E-state index contributed by atoms with van der Waals surface area (Å²) in [7, 11) is 0. The molecule has 12 nitrogen and oxygen atoms in total. The second-order valence-electron chi connectivity index (χ2n) is 8.78. The summed E-state index contributed by atoms with van der Waals surface area (Å²) in [5.74, 6) is -0.0903. The number of nitro groups is 2. The summed E-state index contributed by atoms with van der Waals surface area (Å²) in [5.41, 5.74) is 1.86. The summed E-state index contributed by atoms with van der Waals surface area (Å²) >= 11 is 0. The van der Waals surface area contributed by atoms with Crippen molar-refractivity contribution >= 4 is 34.6 Å². The smallest absolute Gasteiger partial charge is 0.269 e. The largest absolute Gasteiger partial charge is 0.368 e. The number of non-ortho nitro benzene ring substituents is 2. The number of hydrogen-bond donors (Lipinski definition) is 0. The topological polar surface area (TPSA) is 133 Å². The van der Waals surface area contributed by atoms with Crippen LogP contribution in [0.2, 0.25) is 0 Å². The van der Waals surface area contributed by atoms with Crippen LogP contribution in [0.4, 0.5) is 22.7 Å². The van der Waals surface area contributed by atoms with Gasteiger partial charge in [0.25, 0.3) is 11.4 Å². The number of carbonyl (C=O) groups excluding carboxylic acids is 2. The molecular formula is C24H28N6O6. The van der Waals surface area contributed by atoms with Crippen LogP contribution in [0.3, 0.4) is 0 Å². The zero-order valence-corrected chi connectivity index (χ0v) is 19.8. The molecule has 2 saturated heterocycles. The van der Waals surface area contributed by atoms with Crippen LogP contribution in [0, 0.1) is 20.2 Å². The van der Waals surface area contributed by atoms with Crippen molar-refractivity contribution < 1.29 is 19.4 Å². The Morgan fingerprint density at radius 2 is 0.889 bits per heavy atom. The van der Waals surface area contributed by atoms with E-state index in [9.17, 15) is 29.8 Å². The maximum absolute atomic E-state index is 12.7. The number of anilines is 2. The van der Waals surface area contributed by atoms with Crippen LogP contribution in [0.1, 0.15) is 12.8 Å². The maximum atomic E-state index is 12.7. The molecule has 0 aliphatic carbocycles. The van der Waals surface area contributed by atoms with Gasteiger partial charge in [0.1, 0.15) is 0 Å². The van der Waals surface area contributed by atoms with E-state index < -0.39 is 9.85 Å². The van der Waals surface area contributed by atoms with Crippen molar-refractivity contribution in [2.45, 2.75) is 12.8 Å². The highest BCUT2D eigenvalue weighted by molar-refractivity contribution is 5.84. The van der Waals surface area contributed by atoms with E-state index in [0.29, 0.717) is 52.4 Å². The monoisotopic (exact) mass is 496 g/mol. The van der Waals surface area contributed by atoms with Crippen molar-refractivity contribution in [1.82, 2.24) is 9.80 Å². The molecule has 2 aromatic rings. The Kier molecular flexibility index (Phi) is 7.62. The van der Waals surface area contributed by atoms with Gasteiger partial charge in [-0.2, -0.15) is 0 Å². The van der Waals surface area contributed by atoms with Gasteiger partial charge < -0.3 is 19.6 Å². The molecule has 2 amide bonds. The fraction of sp³-hybridized carbons (Fsp3) is 0.417. The Morgan fingerprint density at radius 1 is 0.583 bits per heavy atom. The van der Waals surface area contributed by atoms with Gasteiger partial charge >= 0.3 is 0 Å². The van der Waals surface area contributed by atoms with Crippen molar-refractivity contribution in [1.29, 1.82) is 0 Å². The van der Waals surface area contributed by atoms with Crippen LogP contribution in [-0.4, -0.2) is 83.8 Å². The van der Waals surface area contributed by atoms with Gasteiger partial charge in [0.15, 0.2) is 0 Å². The number of nitrogens with zero attached hydrogens (tertiary/aromatic N) is 6. The molecule has 0 unspecified atom stereocenters. The number of hydrogen-bond acceptors (Lipinski definition) is 8. The molecule has 2 heterocycles. The van der Waals surface area contributed by atoms with E-state index in [1.807, 2.05) is 0 Å². The van der Waals surface area contributed by atoms with Crippen molar-refractivity contribution in [2.24, 2.45) is 0 Å². The van der Waals surface area contributed by atoms with Crippen LogP contribution in [0.5, 0.6) is 0 Å². The molecule has 2 aliphatic rings. The van der Waals surface area contributed by atoms with E-state index in [1.54, 1.807) is 34.1 Å². The molecule has 36 heavy (non-hydrogen) atoms. The Morgan fingerprint density at radius 3 is 1.17 bits per heavy atom. The van der Waals surface area contributed by atoms with E-state index in [2.05, 4.69) is 9.80 Å². The van der Waals surface area contributed by atoms with Gasteiger partial charge in [-0.05, 0) is 24.3 Å². The van der Waals surface area contributed by atoms with Crippen LogP contribution in [0.25, 0.3) is 0 Å². The Balaban J connectivity index is 1.18. The first-order valence-electron chi connectivity index (χ1n) is 11.9. The highest BCUT2D eigenvalue weighted by atomic mass is 16.6. The molecule has 2 aromatic carbocycles. The molecule has 2 aliphatic heterocycles. The van der Waals surface area contributed by atoms with Crippen molar-refractivity contribution in [3.8, 4) is 0 Å². The number of piperazine rings is 2. The van der Waals surface area contributed by atoms with Crippen molar-refractivity contribution in [3.63, 3.8) is 0 Å². The predicted octanol–water partition coefficient (Wildman–Crippen LogP) is 2.28. The lowest BCUT2D eigenvalue weighted by Gasteiger charge is -2.37. The molecule has 0 radical (unpaired) electrons. The van der Waals surface area contributed by atoms with E-state index in [-0.39, 0.29) is 36.0 Å². The first-order valence-corrected chi connectivity index (χ1v) is 11.9. The van der Waals surface area contributed by atoms with Gasteiger partial charge in [0.2, 0.25) is 11.8 Å². The average Bonchev–Trinajstić information content (AvgIpc) is 2.92. The number of rotatable bonds is 7. The predicted molar refractivity (Wildman–Crippen MR) is 133 cm³/mol. The minimum atomic E-state index is -0.430. The molecule has 0 spiro atoms. The summed E-state index contributed by atoms with van der Waals surface area (Å²) in [5, 5.41) is 21.6. The van der Waals surface area contributed by atoms with Gasteiger partial charge in [-0.3, -0.25) is 29.8 Å². The van der Waals surface area contributed by atoms with Gasteiger partial charge in [-0.15, -0.1) is 0 Å². The average molecular weight is 497 g/mol. The van der Waals surface area contributed by atoms with Crippen LogP contribution in [-0.2, 0) is 9.59 Å². The molecule has 4 rings (SSSR count). The maximum Gasteiger partial charge on any atom is 0.269 e. The zero-order chi connectivity index (χ0) is 25.7. The highest BCUT2D eigenvalue weighted by Crippen LogP contribution is 2.22. The summed E-state index contributed by atoms with van der Waals surface area (Å²) in [6.45, 7) is 4.67. The molecule has 0 N–H and O–H groups in total. The standard InChI is InChI=1S/C24H28N6O6/c31-23(27-15-11-25(12-16-27)19-1-5-21(6-2-19)29(33)34)9-10-24(32)28-17-13-26(14-18-28)20-3-7-22(8-4-20)30(35)36/h1-8H,9-18H2. The SMILES string of the molecule is O=C(CCC(=O)N1CCN(c2ccc([N+](=O)[O-])cc2)CC1)N1CCN(c2ccc([N+](=O)[O-])cc2)CC1. The minimum absolute atomic E-state index is 0.0452. The third-order valence-corrected chi connectivity index (χ3v) is 6.67. The number of amides is 2. The fourth-order valence-corrected chi connectivity index (χ4v) is 4.53. The summed E-state index contributed by atoms with van der Waals surface area (Å²) in [6, 6.07) is 12.8. The van der Waals surface area contributed by atoms with Crippen LogP contribution < -0.4 is 9.80 Å². The van der Waals surface area contributed by atoms with Gasteiger partial charge in [0, 0.05) is 101 Å². The number of carbonyl (C=O) groups is 2. The third-order valence-electron chi connectivity index (χ3n) is 6.67. The second kappa shape index (κ2) is 11.0. The molecule has 0 aromatic heterocycles. The number of nitro benzene ring substituents is 2. The second-order valence-corrected chi connectivity index (χ2v) is 8.78. The number of benzene rings is 2. The molecule has 2 fully saturated rings. The Labute approximate surface area is 208 Å². The zero-order valence-electron chi connectivity index (χ0n) is 19.8. The minimum Gasteiger partial charge on any atom is -0.368 e. The molecule has 0 bridgehead atoms. The molecule has 0 saturated carbocycles. The van der Waals surface area contributed by atoms with E-state index in [4.69, 9.17) is 0 Å². The molecule has 0 atom stereocenters. The lowest BCUT2D eigenvalue weighted by molar-refractivity contribution is -0.385. The van der Waals surface area contributed by atoms with Crippen molar-refractivity contribution in [2.75, 3.05) is 62.2 Å². The lowest BCUT2D eigenvalue weighted by atomic mass is 10.2.